The minimum absolute atomic E-state index is 0.0773. The Morgan fingerprint density at radius 3 is 1.72 bits per heavy atom. The Balaban J connectivity index is 1.61. The van der Waals surface area contributed by atoms with E-state index >= 15 is 0 Å². The van der Waals surface area contributed by atoms with Gasteiger partial charge in [-0.25, -0.2) is 8.78 Å². The molecule has 0 heterocycles. The van der Waals surface area contributed by atoms with E-state index in [0.717, 1.165) is 24.3 Å². The molecule has 0 radical (unpaired) electrons. The van der Waals surface area contributed by atoms with Crippen molar-refractivity contribution in [2.75, 3.05) is 0 Å². The van der Waals surface area contributed by atoms with E-state index < -0.39 is 47.2 Å². The van der Waals surface area contributed by atoms with Gasteiger partial charge in [-0.1, -0.05) is 18.2 Å². The first-order chi connectivity index (χ1) is 18.6. The SMILES string of the molecule is Cc1ccccc1C(=O)NC(CCC(=O)NNC(=O)c1ccc(F)cc1)C(=O)NNC(=O)c1ccc(F)cc1. The molecule has 3 rings (SSSR count). The monoisotopic (exact) mass is 537 g/mol. The second kappa shape index (κ2) is 13.4. The van der Waals surface area contributed by atoms with Crippen LogP contribution >= 0.6 is 0 Å². The highest BCUT2D eigenvalue weighted by atomic mass is 19.1. The van der Waals surface area contributed by atoms with E-state index in [-0.39, 0.29) is 24.0 Å². The number of hydrazine groups is 2. The molecule has 0 aliphatic heterocycles. The average Bonchev–Trinajstić information content (AvgIpc) is 2.93. The van der Waals surface area contributed by atoms with Gasteiger partial charge in [-0.15, -0.1) is 0 Å². The van der Waals surface area contributed by atoms with Gasteiger partial charge in [0.05, 0.1) is 0 Å². The summed E-state index contributed by atoms with van der Waals surface area (Å²) in [5, 5.41) is 2.54. The molecule has 0 aromatic heterocycles. The fourth-order valence-electron chi connectivity index (χ4n) is 3.35. The van der Waals surface area contributed by atoms with Crippen molar-refractivity contribution in [1.29, 1.82) is 0 Å². The molecule has 0 saturated carbocycles. The molecule has 5 N–H and O–H groups in total. The number of rotatable bonds is 8. The predicted octanol–water partition coefficient (Wildman–Crippen LogP) is 2.07. The summed E-state index contributed by atoms with van der Waals surface area (Å²) in [6.45, 7) is 1.71. The molecule has 0 saturated heterocycles. The Morgan fingerprint density at radius 2 is 1.18 bits per heavy atom. The van der Waals surface area contributed by atoms with E-state index in [0.29, 0.717) is 11.1 Å². The standard InChI is InChI=1S/C27H25F2N5O5/c1-16-4-2-3-5-21(16)26(38)30-22(27(39)34-33-25(37)18-8-12-20(29)13-9-18)14-15-23(35)31-32-24(36)17-6-10-19(28)11-7-17/h2-13,22H,14-15H2,1H3,(H,30,38)(H,31,35)(H,32,36)(H,33,37)(H,34,39). The second-order valence-electron chi connectivity index (χ2n) is 8.34. The quantitative estimate of drug-likeness (QED) is 0.280. The van der Waals surface area contributed by atoms with E-state index in [1.54, 1.807) is 31.2 Å². The maximum atomic E-state index is 13.1. The minimum atomic E-state index is -1.26. The van der Waals surface area contributed by atoms with Crippen LogP contribution in [-0.4, -0.2) is 35.6 Å². The molecule has 0 aliphatic rings. The molecule has 3 aromatic rings. The zero-order valence-electron chi connectivity index (χ0n) is 20.7. The molecule has 39 heavy (non-hydrogen) atoms. The van der Waals surface area contributed by atoms with E-state index in [9.17, 15) is 32.8 Å². The summed E-state index contributed by atoms with van der Waals surface area (Å²) in [5.41, 5.74) is 9.87. The maximum absolute atomic E-state index is 13.1. The number of benzene rings is 3. The van der Waals surface area contributed by atoms with Gasteiger partial charge in [-0.2, -0.15) is 0 Å². The van der Waals surface area contributed by atoms with Crippen molar-refractivity contribution >= 4 is 29.5 Å². The molecular weight excluding hydrogens is 512 g/mol. The third kappa shape index (κ3) is 8.45. The van der Waals surface area contributed by atoms with Crippen LogP contribution < -0.4 is 27.0 Å². The third-order valence-corrected chi connectivity index (χ3v) is 5.50. The molecule has 1 atom stereocenters. The summed E-state index contributed by atoms with van der Waals surface area (Å²) in [4.78, 5) is 62.3. The zero-order valence-corrected chi connectivity index (χ0v) is 20.7. The molecule has 0 spiro atoms. The number of aryl methyl sites for hydroxylation is 1. The summed E-state index contributed by atoms with van der Waals surface area (Å²) in [5.74, 6) is -4.56. The van der Waals surface area contributed by atoms with E-state index in [2.05, 4.69) is 27.0 Å². The molecule has 0 fully saturated rings. The highest BCUT2D eigenvalue weighted by Gasteiger charge is 2.24. The number of hydrogen-bond donors (Lipinski definition) is 5. The van der Waals surface area contributed by atoms with Crippen LogP contribution in [0.4, 0.5) is 8.78 Å². The van der Waals surface area contributed by atoms with Crippen LogP contribution in [-0.2, 0) is 9.59 Å². The number of halogens is 2. The van der Waals surface area contributed by atoms with Crippen molar-refractivity contribution in [3.05, 3.63) is 107 Å². The maximum Gasteiger partial charge on any atom is 0.269 e. The molecule has 3 aromatic carbocycles. The van der Waals surface area contributed by atoms with Gasteiger partial charge < -0.3 is 5.32 Å². The van der Waals surface area contributed by atoms with Gasteiger partial charge in [-0.3, -0.25) is 45.7 Å². The van der Waals surface area contributed by atoms with Crippen LogP contribution in [0, 0.1) is 18.6 Å². The molecule has 10 nitrogen and oxygen atoms in total. The largest absolute Gasteiger partial charge is 0.340 e. The minimum Gasteiger partial charge on any atom is -0.340 e. The van der Waals surface area contributed by atoms with Crippen molar-refractivity contribution < 1.29 is 32.8 Å². The van der Waals surface area contributed by atoms with Crippen LogP contribution in [0.15, 0.2) is 72.8 Å². The fourth-order valence-corrected chi connectivity index (χ4v) is 3.35. The highest BCUT2D eigenvalue weighted by Crippen LogP contribution is 2.09. The summed E-state index contributed by atoms with van der Waals surface area (Å²) in [7, 11) is 0. The highest BCUT2D eigenvalue weighted by molar-refractivity contribution is 6.00. The summed E-state index contributed by atoms with van der Waals surface area (Å²) in [6.07, 6.45) is -0.504. The first-order valence-corrected chi connectivity index (χ1v) is 11.7. The van der Waals surface area contributed by atoms with Crippen LogP contribution in [0.2, 0.25) is 0 Å². The zero-order chi connectivity index (χ0) is 28.4. The van der Waals surface area contributed by atoms with Crippen molar-refractivity contribution in [3.63, 3.8) is 0 Å². The van der Waals surface area contributed by atoms with Crippen LogP contribution in [0.25, 0.3) is 0 Å². The number of amides is 5. The lowest BCUT2D eigenvalue weighted by atomic mass is 10.1. The van der Waals surface area contributed by atoms with Crippen molar-refractivity contribution in [2.45, 2.75) is 25.8 Å². The third-order valence-electron chi connectivity index (χ3n) is 5.50. The average molecular weight is 538 g/mol. The smallest absolute Gasteiger partial charge is 0.269 e. The van der Waals surface area contributed by atoms with Crippen LogP contribution in [0.1, 0.15) is 49.5 Å². The van der Waals surface area contributed by atoms with Crippen molar-refractivity contribution in [1.82, 2.24) is 27.0 Å². The van der Waals surface area contributed by atoms with Crippen LogP contribution in [0.5, 0.6) is 0 Å². The molecular formula is C27H25F2N5O5. The van der Waals surface area contributed by atoms with E-state index in [1.165, 1.54) is 24.3 Å². The van der Waals surface area contributed by atoms with Gasteiger partial charge >= 0.3 is 0 Å². The fraction of sp³-hybridized carbons (Fsp3) is 0.148. The molecule has 12 heteroatoms. The van der Waals surface area contributed by atoms with Gasteiger partial charge in [0, 0.05) is 23.1 Å². The Hall–Kier alpha value is -5.13. The molecule has 202 valence electrons. The summed E-state index contributed by atoms with van der Waals surface area (Å²) in [6, 6.07) is 14.7. The predicted molar refractivity (Wildman–Crippen MR) is 136 cm³/mol. The lowest BCUT2D eigenvalue weighted by Gasteiger charge is -2.19. The molecule has 0 bridgehead atoms. The lowest BCUT2D eigenvalue weighted by molar-refractivity contribution is -0.124. The Morgan fingerprint density at radius 1 is 0.667 bits per heavy atom. The summed E-state index contributed by atoms with van der Waals surface area (Å²) >= 11 is 0. The van der Waals surface area contributed by atoms with E-state index in [1.807, 2.05) is 0 Å². The first-order valence-electron chi connectivity index (χ1n) is 11.7. The van der Waals surface area contributed by atoms with Crippen LogP contribution in [0.3, 0.4) is 0 Å². The molecule has 5 amide bonds. The van der Waals surface area contributed by atoms with Gasteiger partial charge in [-0.05, 0) is 73.5 Å². The lowest BCUT2D eigenvalue weighted by Crippen LogP contribution is -2.53. The molecule has 0 aliphatic carbocycles. The molecule has 1 unspecified atom stereocenters. The van der Waals surface area contributed by atoms with Crippen molar-refractivity contribution in [3.8, 4) is 0 Å². The number of hydrogen-bond acceptors (Lipinski definition) is 5. The number of carbonyl (C=O) groups is 5. The van der Waals surface area contributed by atoms with Gasteiger partial charge in [0.2, 0.25) is 5.91 Å². The topological polar surface area (TPSA) is 146 Å². The summed E-state index contributed by atoms with van der Waals surface area (Å²) < 4.78 is 26.1. The van der Waals surface area contributed by atoms with E-state index in [4.69, 9.17) is 0 Å². The number of carbonyl (C=O) groups excluding carboxylic acids is 5. The van der Waals surface area contributed by atoms with Gasteiger partial charge in [0.15, 0.2) is 0 Å². The normalized spacial score (nSPS) is 11.1. The first kappa shape index (κ1) is 28.4. The Kier molecular flexibility index (Phi) is 9.79. The Labute approximate surface area is 222 Å². The number of nitrogens with one attached hydrogen (secondary N) is 5. The second-order valence-corrected chi connectivity index (χ2v) is 8.34. The Bertz CT molecular complexity index is 1360. The van der Waals surface area contributed by atoms with Gasteiger partial charge in [0.25, 0.3) is 23.6 Å². The van der Waals surface area contributed by atoms with Gasteiger partial charge in [0.1, 0.15) is 17.7 Å². The van der Waals surface area contributed by atoms with Crippen molar-refractivity contribution in [2.24, 2.45) is 0 Å².